The summed E-state index contributed by atoms with van der Waals surface area (Å²) >= 11 is 2.97. The molecule has 0 amide bonds. The molecular formula is C11H12N4OS2. The summed E-state index contributed by atoms with van der Waals surface area (Å²) in [6, 6.07) is 1.82. The number of carbonyl (C=O) groups excluding carboxylic acids is 1. The molecule has 5 nitrogen and oxygen atoms in total. The zero-order valence-electron chi connectivity index (χ0n) is 10.2. The highest BCUT2D eigenvalue weighted by molar-refractivity contribution is 8.01. The molecule has 0 aromatic carbocycles. The fourth-order valence-electron chi connectivity index (χ4n) is 1.26. The molecule has 0 N–H and O–H groups in total. The number of nitrogens with zero attached hydrogens (tertiary/aromatic N) is 4. The van der Waals surface area contributed by atoms with E-state index in [1.165, 1.54) is 23.1 Å². The minimum Gasteiger partial charge on any atom is -0.353 e. The standard InChI is InChI=1S/C11H12N4OS2/c1-7-4-8(6-16)5-12-9(7)17-11-14-13-10(18-11)15(2)3/h4-6H,1-3H3. The van der Waals surface area contributed by atoms with E-state index in [-0.39, 0.29) is 0 Å². The van der Waals surface area contributed by atoms with E-state index in [0.717, 1.165) is 26.3 Å². The summed E-state index contributed by atoms with van der Waals surface area (Å²) < 4.78 is 0.841. The number of aromatic nitrogens is 3. The number of hydrogen-bond acceptors (Lipinski definition) is 7. The van der Waals surface area contributed by atoms with Gasteiger partial charge in [0.05, 0.1) is 0 Å². The van der Waals surface area contributed by atoms with Crippen molar-refractivity contribution >= 4 is 34.5 Å². The number of pyridine rings is 1. The Morgan fingerprint density at radius 3 is 2.72 bits per heavy atom. The summed E-state index contributed by atoms with van der Waals surface area (Å²) in [6.45, 7) is 1.93. The van der Waals surface area contributed by atoms with E-state index in [2.05, 4.69) is 15.2 Å². The van der Waals surface area contributed by atoms with Crippen LogP contribution in [0.4, 0.5) is 5.13 Å². The Labute approximate surface area is 113 Å². The zero-order valence-corrected chi connectivity index (χ0v) is 11.9. The second-order valence-corrected chi connectivity index (χ2v) is 6.05. The smallest absolute Gasteiger partial charge is 0.208 e. The van der Waals surface area contributed by atoms with Crippen LogP contribution in [0, 0.1) is 6.92 Å². The van der Waals surface area contributed by atoms with Gasteiger partial charge in [0.25, 0.3) is 0 Å². The summed E-state index contributed by atoms with van der Waals surface area (Å²) in [5, 5.41) is 9.87. The van der Waals surface area contributed by atoms with E-state index in [1.54, 1.807) is 6.20 Å². The van der Waals surface area contributed by atoms with Crippen molar-refractivity contribution in [2.45, 2.75) is 16.3 Å². The van der Waals surface area contributed by atoms with Gasteiger partial charge in [-0.25, -0.2) is 4.98 Å². The van der Waals surface area contributed by atoms with Crippen LogP contribution in [0.15, 0.2) is 21.6 Å². The van der Waals surface area contributed by atoms with Crippen molar-refractivity contribution < 1.29 is 4.79 Å². The van der Waals surface area contributed by atoms with E-state index in [0.29, 0.717) is 5.56 Å². The molecule has 0 radical (unpaired) electrons. The molecule has 0 aliphatic heterocycles. The van der Waals surface area contributed by atoms with Crippen LogP contribution in [0.1, 0.15) is 15.9 Å². The highest BCUT2D eigenvalue weighted by atomic mass is 32.2. The maximum atomic E-state index is 10.6. The molecule has 94 valence electrons. The topological polar surface area (TPSA) is 59.0 Å². The number of aryl methyl sites for hydroxylation is 1. The molecule has 0 aliphatic rings. The maximum absolute atomic E-state index is 10.6. The third-order valence-corrected chi connectivity index (χ3v) is 4.41. The van der Waals surface area contributed by atoms with E-state index in [1.807, 2.05) is 32.0 Å². The molecular weight excluding hydrogens is 268 g/mol. The molecule has 0 aliphatic carbocycles. The van der Waals surface area contributed by atoms with Crippen LogP contribution in [-0.4, -0.2) is 35.6 Å². The average Bonchev–Trinajstić information content (AvgIpc) is 2.80. The Hall–Kier alpha value is -1.47. The molecule has 0 spiro atoms. The van der Waals surface area contributed by atoms with Gasteiger partial charge in [0.2, 0.25) is 5.13 Å². The van der Waals surface area contributed by atoms with E-state index in [4.69, 9.17) is 0 Å². The molecule has 0 fully saturated rings. The number of aldehydes is 1. The fourth-order valence-corrected chi connectivity index (χ4v) is 2.96. The first-order valence-electron chi connectivity index (χ1n) is 5.20. The summed E-state index contributed by atoms with van der Waals surface area (Å²) in [7, 11) is 3.86. The first kappa shape index (κ1) is 13.0. The third-order valence-electron chi connectivity index (χ3n) is 2.15. The minimum absolute atomic E-state index is 0.586. The normalized spacial score (nSPS) is 10.4. The van der Waals surface area contributed by atoms with Gasteiger partial charge in [0.15, 0.2) is 10.6 Å². The van der Waals surface area contributed by atoms with Crippen LogP contribution >= 0.6 is 23.1 Å². The zero-order chi connectivity index (χ0) is 13.1. The van der Waals surface area contributed by atoms with Crippen LogP contribution in [0.2, 0.25) is 0 Å². The van der Waals surface area contributed by atoms with Crippen LogP contribution in [0.3, 0.4) is 0 Å². The van der Waals surface area contributed by atoms with Crippen molar-refractivity contribution in [1.82, 2.24) is 15.2 Å². The molecule has 2 aromatic rings. The van der Waals surface area contributed by atoms with Gasteiger partial charge in [0.1, 0.15) is 5.03 Å². The summed E-state index contributed by atoms with van der Waals surface area (Å²) in [4.78, 5) is 16.8. The Morgan fingerprint density at radius 1 is 1.39 bits per heavy atom. The van der Waals surface area contributed by atoms with Crippen LogP contribution in [-0.2, 0) is 0 Å². The fraction of sp³-hybridized carbons (Fsp3) is 0.273. The maximum Gasteiger partial charge on any atom is 0.208 e. The van der Waals surface area contributed by atoms with Crippen molar-refractivity contribution in [3.63, 3.8) is 0 Å². The summed E-state index contributed by atoms with van der Waals surface area (Å²) in [5.74, 6) is 0. The first-order valence-corrected chi connectivity index (χ1v) is 6.84. The molecule has 2 heterocycles. The monoisotopic (exact) mass is 280 g/mol. The van der Waals surface area contributed by atoms with Crippen molar-refractivity contribution in [3.05, 3.63) is 23.4 Å². The molecule has 2 aromatic heterocycles. The van der Waals surface area contributed by atoms with Crippen LogP contribution in [0.5, 0.6) is 0 Å². The minimum atomic E-state index is 0.586. The lowest BCUT2D eigenvalue weighted by Crippen LogP contribution is -2.07. The summed E-state index contributed by atoms with van der Waals surface area (Å²) in [6.07, 6.45) is 2.36. The van der Waals surface area contributed by atoms with Gasteiger partial charge >= 0.3 is 0 Å². The van der Waals surface area contributed by atoms with E-state index in [9.17, 15) is 4.79 Å². The average molecular weight is 280 g/mol. The van der Waals surface area contributed by atoms with Gasteiger partial charge in [-0.15, -0.1) is 10.2 Å². The molecule has 0 saturated carbocycles. The Kier molecular flexibility index (Phi) is 3.93. The van der Waals surface area contributed by atoms with Crippen LogP contribution in [0.25, 0.3) is 0 Å². The third kappa shape index (κ3) is 2.85. The predicted molar refractivity (Wildman–Crippen MR) is 72.7 cm³/mol. The molecule has 0 unspecified atom stereocenters. The second-order valence-electron chi connectivity index (χ2n) is 3.86. The number of rotatable bonds is 4. The predicted octanol–water partition coefficient (Wildman–Crippen LogP) is 2.27. The Bertz CT molecular complexity index is 568. The highest BCUT2D eigenvalue weighted by Gasteiger charge is 2.10. The number of carbonyl (C=O) groups is 1. The van der Waals surface area contributed by atoms with Crippen molar-refractivity contribution in [3.8, 4) is 0 Å². The van der Waals surface area contributed by atoms with Crippen molar-refractivity contribution in [1.29, 1.82) is 0 Å². The van der Waals surface area contributed by atoms with Gasteiger partial charge in [-0.05, 0) is 30.3 Å². The van der Waals surface area contributed by atoms with Gasteiger partial charge in [-0.1, -0.05) is 11.3 Å². The molecule has 7 heteroatoms. The number of hydrogen-bond donors (Lipinski definition) is 0. The Balaban J connectivity index is 2.20. The lowest BCUT2D eigenvalue weighted by Gasteiger charge is -2.04. The van der Waals surface area contributed by atoms with Crippen molar-refractivity contribution in [2.75, 3.05) is 19.0 Å². The SMILES string of the molecule is Cc1cc(C=O)cnc1Sc1nnc(N(C)C)s1. The first-order chi connectivity index (χ1) is 8.60. The summed E-state index contributed by atoms with van der Waals surface area (Å²) in [5.41, 5.74) is 1.55. The van der Waals surface area contributed by atoms with Gasteiger partial charge < -0.3 is 4.90 Å². The second kappa shape index (κ2) is 5.45. The van der Waals surface area contributed by atoms with Gasteiger partial charge in [0, 0.05) is 25.9 Å². The lowest BCUT2D eigenvalue weighted by molar-refractivity contribution is 0.112. The van der Waals surface area contributed by atoms with E-state index < -0.39 is 0 Å². The van der Waals surface area contributed by atoms with Crippen LogP contribution < -0.4 is 4.90 Å². The van der Waals surface area contributed by atoms with E-state index >= 15 is 0 Å². The number of anilines is 1. The van der Waals surface area contributed by atoms with Gasteiger partial charge in [-0.2, -0.15) is 0 Å². The Morgan fingerprint density at radius 2 is 2.17 bits per heavy atom. The largest absolute Gasteiger partial charge is 0.353 e. The van der Waals surface area contributed by atoms with Crippen molar-refractivity contribution in [2.24, 2.45) is 0 Å². The molecule has 18 heavy (non-hydrogen) atoms. The van der Waals surface area contributed by atoms with Gasteiger partial charge in [-0.3, -0.25) is 4.79 Å². The molecule has 0 saturated heterocycles. The molecule has 0 bridgehead atoms. The molecule has 0 atom stereocenters. The quantitative estimate of drug-likeness (QED) is 0.801. The lowest BCUT2D eigenvalue weighted by atomic mass is 10.2. The highest BCUT2D eigenvalue weighted by Crippen LogP contribution is 2.33. The molecule has 2 rings (SSSR count).